The van der Waals surface area contributed by atoms with Gasteiger partial charge in [0.05, 0.1) is 17.7 Å². The predicted octanol–water partition coefficient (Wildman–Crippen LogP) is 3.06. The van der Waals surface area contributed by atoms with Crippen LogP contribution in [0.4, 0.5) is 0 Å². The van der Waals surface area contributed by atoms with E-state index in [4.69, 9.17) is 16.3 Å². The molecule has 82 valence electrons. The van der Waals surface area contributed by atoms with E-state index in [1.54, 1.807) is 13.0 Å². The highest BCUT2D eigenvalue weighted by Gasteiger charge is 2.13. The number of aromatic nitrogens is 1. The number of pyridine rings is 1. The fourth-order valence-corrected chi connectivity index (χ4v) is 1.67. The lowest BCUT2D eigenvalue weighted by atomic mass is 10.1. The van der Waals surface area contributed by atoms with E-state index >= 15 is 0 Å². The molecule has 4 heteroatoms. The Bertz CT molecular complexity index is 540. The van der Waals surface area contributed by atoms with Gasteiger partial charge < -0.3 is 4.74 Å². The monoisotopic (exact) mass is 235 g/mol. The largest absolute Gasteiger partial charge is 0.462 e. The molecule has 0 atom stereocenters. The molecule has 16 heavy (non-hydrogen) atoms. The van der Waals surface area contributed by atoms with Crippen LogP contribution >= 0.6 is 11.6 Å². The third kappa shape index (κ3) is 1.99. The predicted molar refractivity (Wildman–Crippen MR) is 62.7 cm³/mol. The van der Waals surface area contributed by atoms with Crippen molar-refractivity contribution in [1.29, 1.82) is 0 Å². The van der Waals surface area contributed by atoms with E-state index in [1.165, 1.54) is 0 Å². The van der Waals surface area contributed by atoms with Gasteiger partial charge in [-0.3, -0.25) is 0 Å². The second kappa shape index (κ2) is 4.49. The van der Waals surface area contributed by atoms with E-state index in [9.17, 15) is 4.79 Å². The normalized spacial score (nSPS) is 10.4. The number of ether oxygens (including phenoxy) is 1. The number of carbonyl (C=O) groups is 1. The number of rotatable bonds is 2. The molecular weight excluding hydrogens is 226 g/mol. The number of halogens is 1. The Morgan fingerprint density at radius 3 is 2.94 bits per heavy atom. The molecule has 0 aliphatic rings. The van der Waals surface area contributed by atoms with E-state index in [0.29, 0.717) is 12.2 Å². The Morgan fingerprint density at radius 2 is 2.19 bits per heavy atom. The molecule has 0 unspecified atom stereocenters. The molecule has 0 saturated carbocycles. The third-order valence-electron chi connectivity index (χ3n) is 2.17. The Kier molecular flexibility index (Phi) is 3.06. The van der Waals surface area contributed by atoms with Gasteiger partial charge in [-0.1, -0.05) is 29.8 Å². The summed E-state index contributed by atoms with van der Waals surface area (Å²) in [5.41, 5.74) is 1.07. The molecule has 3 nitrogen and oxygen atoms in total. The number of hydrogen-bond acceptors (Lipinski definition) is 3. The van der Waals surface area contributed by atoms with Crippen LogP contribution in [0.2, 0.25) is 5.15 Å². The summed E-state index contributed by atoms with van der Waals surface area (Å²) in [4.78, 5) is 15.7. The van der Waals surface area contributed by atoms with Crippen LogP contribution < -0.4 is 0 Å². The summed E-state index contributed by atoms with van der Waals surface area (Å²) in [6.45, 7) is 2.07. The van der Waals surface area contributed by atoms with Crippen molar-refractivity contribution >= 4 is 28.5 Å². The number of esters is 1. The van der Waals surface area contributed by atoms with Crippen LogP contribution in [0.25, 0.3) is 10.9 Å². The van der Waals surface area contributed by atoms with Crippen molar-refractivity contribution in [3.05, 3.63) is 41.0 Å². The molecule has 0 fully saturated rings. The van der Waals surface area contributed by atoms with Crippen molar-refractivity contribution in [2.45, 2.75) is 6.92 Å². The van der Waals surface area contributed by atoms with Crippen molar-refractivity contribution in [3.63, 3.8) is 0 Å². The Balaban J connectivity index is 2.54. The molecule has 0 spiro atoms. The maximum Gasteiger partial charge on any atom is 0.341 e. The average Bonchev–Trinajstić information content (AvgIpc) is 2.28. The fourth-order valence-electron chi connectivity index (χ4n) is 1.44. The minimum Gasteiger partial charge on any atom is -0.462 e. The summed E-state index contributed by atoms with van der Waals surface area (Å²) >= 11 is 5.92. The van der Waals surface area contributed by atoms with Gasteiger partial charge in [0, 0.05) is 5.39 Å². The molecule has 0 bridgehead atoms. The topological polar surface area (TPSA) is 39.2 Å². The van der Waals surface area contributed by atoms with Gasteiger partial charge in [0.15, 0.2) is 0 Å². The van der Waals surface area contributed by atoms with Crippen molar-refractivity contribution < 1.29 is 9.53 Å². The highest BCUT2D eigenvalue weighted by Crippen LogP contribution is 2.20. The van der Waals surface area contributed by atoms with Gasteiger partial charge in [0.1, 0.15) is 5.15 Å². The van der Waals surface area contributed by atoms with Gasteiger partial charge >= 0.3 is 5.97 Å². The smallest absolute Gasteiger partial charge is 0.341 e. The third-order valence-corrected chi connectivity index (χ3v) is 2.46. The first-order valence-corrected chi connectivity index (χ1v) is 5.32. The zero-order valence-corrected chi connectivity index (χ0v) is 9.49. The van der Waals surface area contributed by atoms with Crippen molar-refractivity contribution in [1.82, 2.24) is 4.98 Å². The second-order valence-corrected chi connectivity index (χ2v) is 3.60. The first-order valence-electron chi connectivity index (χ1n) is 4.94. The number of fused-ring (bicyclic) bond motifs is 1. The molecule has 0 amide bonds. The van der Waals surface area contributed by atoms with E-state index in [0.717, 1.165) is 10.9 Å². The summed E-state index contributed by atoms with van der Waals surface area (Å²) < 4.78 is 4.89. The summed E-state index contributed by atoms with van der Waals surface area (Å²) in [7, 11) is 0. The lowest BCUT2D eigenvalue weighted by Gasteiger charge is -2.05. The number of para-hydroxylation sites is 1. The molecule has 1 aromatic heterocycles. The molecule has 0 aliphatic carbocycles. The lowest BCUT2D eigenvalue weighted by molar-refractivity contribution is 0.0526. The zero-order chi connectivity index (χ0) is 11.5. The van der Waals surface area contributed by atoms with Crippen LogP contribution in [0.3, 0.4) is 0 Å². The van der Waals surface area contributed by atoms with Gasteiger partial charge in [-0.25, -0.2) is 9.78 Å². The SMILES string of the molecule is CCOC(=O)c1cc2ccccc2nc1Cl. The minimum absolute atomic E-state index is 0.178. The van der Waals surface area contributed by atoms with Crippen molar-refractivity contribution in [2.75, 3.05) is 6.61 Å². The highest BCUT2D eigenvalue weighted by molar-refractivity contribution is 6.32. The van der Waals surface area contributed by atoms with Gasteiger partial charge in [-0.2, -0.15) is 0 Å². The molecule has 0 N–H and O–H groups in total. The molecule has 1 heterocycles. The standard InChI is InChI=1S/C12H10ClNO2/c1-2-16-12(15)9-7-8-5-3-4-6-10(8)14-11(9)13/h3-7H,2H2,1H3. The molecule has 1 aromatic carbocycles. The first kappa shape index (κ1) is 10.9. The number of benzene rings is 1. The quantitative estimate of drug-likeness (QED) is 0.593. The zero-order valence-electron chi connectivity index (χ0n) is 8.74. The van der Waals surface area contributed by atoms with Crippen molar-refractivity contribution in [3.8, 4) is 0 Å². The Labute approximate surface area is 98.0 Å². The lowest BCUT2D eigenvalue weighted by Crippen LogP contribution is -2.06. The van der Waals surface area contributed by atoms with E-state index < -0.39 is 5.97 Å². The fraction of sp³-hybridized carbons (Fsp3) is 0.167. The second-order valence-electron chi connectivity index (χ2n) is 3.24. The number of hydrogen-bond donors (Lipinski definition) is 0. The molecule has 2 aromatic rings. The summed E-state index contributed by atoms with van der Waals surface area (Å²) in [5.74, 6) is -0.439. The highest BCUT2D eigenvalue weighted by atomic mass is 35.5. The van der Waals surface area contributed by atoms with Gasteiger partial charge in [0.2, 0.25) is 0 Å². The van der Waals surface area contributed by atoms with Crippen LogP contribution in [0, 0.1) is 0 Å². The van der Waals surface area contributed by atoms with Crippen LogP contribution in [-0.4, -0.2) is 17.6 Å². The van der Waals surface area contributed by atoms with Gasteiger partial charge in [-0.05, 0) is 19.1 Å². The maximum absolute atomic E-state index is 11.6. The molecule has 2 rings (SSSR count). The molecule has 0 radical (unpaired) electrons. The molecule has 0 aliphatic heterocycles. The number of carbonyl (C=O) groups excluding carboxylic acids is 1. The van der Waals surface area contributed by atoms with Gasteiger partial charge in [0.25, 0.3) is 0 Å². The number of nitrogens with zero attached hydrogens (tertiary/aromatic N) is 1. The molecular formula is C12H10ClNO2. The van der Waals surface area contributed by atoms with Crippen LogP contribution in [-0.2, 0) is 4.74 Å². The average molecular weight is 236 g/mol. The first-order chi connectivity index (χ1) is 7.72. The van der Waals surface area contributed by atoms with E-state index in [1.807, 2.05) is 24.3 Å². The van der Waals surface area contributed by atoms with Crippen LogP contribution in [0.15, 0.2) is 30.3 Å². The van der Waals surface area contributed by atoms with Crippen LogP contribution in [0.1, 0.15) is 17.3 Å². The van der Waals surface area contributed by atoms with Crippen LogP contribution in [0.5, 0.6) is 0 Å². The Morgan fingerprint density at radius 1 is 1.44 bits per heavy atom. The van der Waals surface area contributed by atoms with Crippen molar-refractivity contribution in [2.24, 2.45) is 0 Å². The molecule has 0 saturated heterocycles. The van der Waals surface area contributed by atoms with E-state index in [-0.39, 0.29) is 5.15 Å². The summed E-state index contributed by atoms with van der Waals surface area (Å²) in [6.07, 6.45) is 0. The van der Waals surface area contributed by atoms with Gasteiger partial charge in [-0.15, -0.1) is 0 Å². The maximum atomic E-state index is 11.6. The minimum atomic E-state index is -0.439. The summed E-state index contributed by atoms with van der Waals surface area (Å²) in [5, 5.41) is 1.05. The Hall–Kier alpha value is -1.61. The summed E-state index contributed by atoms with van der Waals surface area (Å²) in [6, 6.07) is 9.17. The van der Waals surface area contributed by atoms with E-state index in [2.05, 4.69) is 4.98 Å².